The third-order valence-electron chi connectivity index (χ3n) is 6.86. The van der Waals surface area contributed by atoms with E-state index in [1.807, 2.05) is 32.0 Å². The molecule has 6 heteroatoms. The fraction of sp³-hybridized carbons (Fsp3) is 0.206. The van der Waals surface area contributed by atoms with Gasteiger partial charge in [0.05, 0.1) is 0 Å². The Balaban J connectivity index is 1.73. The first kappa shape index (κ1) is 28.3. The van der Waals surface area contributed by atoms with Crippen LogP contribution in [0.15, 0.2) is 85.5 Å². The van der Waals surface area contributed by atoms with Crippen molar-refractivity contribution in [3.05, 3.63) is 108 Å². The van der Waals surface area contributed by atoms with Crippen LogP contribution in [0.5, 0.6) is 11.5 Å². The van der Waals surface area contributed by atoms with Crippen LogP contribution in [-0.4, -0.2) is 17.9 Å². The van der Waals surface area contributed by atoms with Crippen molar-refractivity contribution in [3.8, 4) is 33.8 Å². The molecule has 3 aromatic rings. The van der Waals surface area contributed by atoms with E-state index in [1.165, 1.54) is 0 Å². The fourth-order valence-corrected chi connectivity index (χ4v) is 4.83. The van der Waals surface area contributed by atoms with Gasteiger partial charge in [-0.25, -0.2) is 14.4 Å². The summed E-state index contributed by atoms with van der Waals surface area (Å²) in [6.45, 7) is 18.1. The molecule has 0 fully saturated rings. The molecule has 0 saturated carbocycles. The molecule has 3 aromatic carbocycles. The Morgan fingerprint density at radius 3 is 2.05 bits per heavy atom. The molecule has 0 radical (unpaired) electrons. The molecule has 1 atom stereocenters. The second-order valence-electron chi connectivity index (χ2n) is 10.0. The van der Waals surface area contributed by atoms with Crippen molar-refractivity contribution in [2.45, 2.75) is 46.6 Å². The van der Waals surface area contributed by atoms with Gasteiger partial charge in [0.2, 0.25) is 0 Å². The summed E-state index contributed by atoms with van der Waals surface area (Å²) in [4.78, 5) is 36.2. The summed E-state index contributed by atoms with van der Waals surface area (Å²) in [5.41, 5.74) is 8.49. The molecular weight excluding hydrogens is 504 g/mol. The van der Waals surface area contributed by atoms with Gasteiger partial charge in [0.1, 0.15) is 17.6 Å². The molecule has 0 spiro atoms. The Kier molecular flexibility index (Phi) is 8.19. The van der Waals surface area contributed by atoms with Crippen molar-refractivity contribution in [2.75, 3.05) is 0 Å². The van der Waals surface area contributed by atoms with Crippen molar-refractivity contribution in [1.29, 1.82) is 0 Å². The van der Waals surface area contributed by atoms with Gasteiger partial charge in [-0.1, -0.05) is 50.1 Å². The lowest BCUT2D eigenvalue weighted by molar-refractivity contribution is -0.143. The number of carbonyl (C=O) groups excluding carboxylic acids is 3. The molecule has 1 unspecified atom stereocenters. The van der Waals surface area contributed by atoms with E-state index in [0.29, 0.717) is 35.5 Å². The van der Waals surface area contributed by atoms with Crippen molar-refractivity contribution in [1.82, 2.24) is 0 Å². The lowest BCUT2D eigenvalue weighted by atomic mass is 9.89. The number of carbonyl (C=O) groups is 3. The first-order chi connectivity index (χ1) is 19.0. The Hall–Kier alpha value is -4.71. The molecule has 0 aromatic heterocycles. The SMILES string of the molecule is C=CC(=O)OC1CCc2c(-c3cc(C)c(-c4ccc(OC(=O)C(=C)C)cc4)cc3C)ccc(OC(=O)C(=C)C)c21. The quantitative estimate of drug-likeness (QED) is 0.171. The zero-order chi connectivity index (χ0) is 29.1. The topological polar surface area (TPSA) is 78.9 Å². The van der Waals surface area contributed by atoms with Gasteiger partial charge in [-0.15, -0.1) is 0 Å². The van der Waals surface area contributed by atoms with Crippen molar-refractivity contribution < 1.29 is 28.6 Å². The number of hydrogen-bond donors (Lipinski definition) is 0. The highest BCUT2D eigenvalue weighted by Crippen LogP contribution is 2.46. The van der Waals surface area contributed by atoms with E-state index in [2.05, 4.69) is 31.9 Å². The first-order valence-electron chi connectivity index (χ1n) is 13.0. The number of rotatable bonds is 8. The monoisotopic (exact) mass is 536 g/mol. The molecule has 40 heavy (non-hydrogen) atoms. The van der Waals surface area contributed by atoms with Gasteiger partial charge in [-0.05, 0) is 97.7 Å². The molecule has 0 amide bonds. The summed E-state index contributed by atoms with van der Waals surface area (Å²) in [5.74, 6) is -0.703. The van der Waals surface area contributed by atoms with Gasteiger partial charge in [0.15, 0.2) is 0 Å². The van der Waals surface area contributed by atoms with Gasteiger partial charge in [-0.2, -0.15) is 0 Å². The van der Waals surface area contributed by atoms with Gasteiger partial charge in [0, 0.05) is 22.8 Å². The Bertz CT molecular complexity index is 1560. The van der Waals surface area contributed by atoms with Gasteiger partial charge < -0.3 is 14.2 Å². The van der Waals surface area contributed by atoms with E-state index >= 15 is 0 Å². The van der Waals surface area contributed by atoms with Crippen LogP contribution in [-0.2, 0) is 25.5 Å². The highest BCUT2D eigenvalue weighted by atomic mass is 16.6. The van der Waals surface area contributed by atoms with Gasteiger partial charge in [-0.3, -0.25) is 0 Å². The average molecular weight is 537 g/mol. The van der Waals surface area contributed by atoms with E-state index < -0.39 is 24.0 Å². The minimum absolute atomic E-state index is 0.277. The number of aryl methyl sites for hydroxylation is 2. The largest absolute Gasteiger partial charge is 0.454 e. The lowest BCUT2D eigenvalue weighted by Gasteiger charge is -2.19. The molecule has 1 aliphatic carbocycles. The fourth-order valence-electron chi connectivity index (χ4n) is 4.83. The minimum Gasteiger partial charge on any atom is -0.454 e. The Morgan fingerprint density at radius 2 is 1.43 bits per heavy atom. The third-order valence-corrected chi connectivity index (χ3v) is 6.86. The van der Waals surface area contributed by atoms with Crippen LogP contribution in [0.2, 0.25) is 0 Å². The standard InChI is InChI=1S/C34H32O6/c1-8-31(35)39-29-16-14-26-25(13-15-30(32(26)29)40-34(37)20(4)5)28-18-21(6)27(17-22(28)7)23-9-11-24(12-10-23)38-33(36)19(2)3/h8-13,15,17-18,29H,1-2,4,14,16H2,3,5-7H3. The zero-order valence-corrected chi connectivity index (χ0v) is 23.3. The Labute approximate surface area is 234 Å². The normalized spacial score (nSPS) is 13.7. The molecule has 0 heterocycles. The Morgan fingerprint density at radius 1 is 0.825 bits per heavy atom. The summed E-state index contributed by atoms with van der Waals surface area (Å²) in [6.07, 6.45) is 1.81. The third kappa shape index (κ3) is 5.81. The van der Waals surface area contributed by atoms with Crippen LogP contribution < -0.4 is 9.47 Å². The lowest BCUT2D eigenvalue weighted by Crippen LogP contribution is -2.13. The molecule has 0 bridgehead atoms. The van der Waals surface area contributed by atoms with Gasteiger partial charge in [0.25, 0.3) is 0 Å². The number of hydrogen-bond acceptors (Lipinski definition) is 6. The summed E-state index contributed by atoms with van der Waals surface area (Å²) < 4.78 is 16.6. The van der Waals surface area contributed by atoms with E-state index in [4.69, 9.17) is 14.2 Å². The molecular formula is C34H32O6. The predicted molar refractivity (Wildman–Crippen MR) is 155 cm³/mol. The van der Waals surface area contributed by atoms with Crippen LogP contribution in [0, 0.1) is 13.8 Å². The summed E-state index contributed by atoms with van der Waals surface area (Å²) in [5, 5.41) is 0. The number of ether oxygens (including phenoxy) is 3. The molecule has 0 aliphatic heterocycles. The summed E-state index contributed by atoms with van der Waals surface area (Å²) >= 11 is 0. The van der Waals surface area contributed by atoms with Crippen LogP contribution in [0.25, 0.3) is 22.3 Å². The highest BCUT2D eigenvalue weighted by Gasteiger charge is 2.32. The van der Waals surface area contributed by atoms with E-state index in [1.54, 1.807) is 32.0 Å². The maximum Gasteiger partial charge on any atom is 0.338 e. The van der Waals surface area contributed by atoms with E-state index in [0.717, 1.165) is 45.0 Å². The number of fused-ring (bicyclic) bond motifs is 1. The van der Waals surface area contributed by atoms with E-state index in [-0.39, 0.29) is 5.57 Å². The average Bonchev–Trinajstić information content (AvgIpc) is 3.34. The minimum atomic E-state index is -0.550. The van der Waals surface area contributed by atoms with Crippen molar-refractivity contribution >= 4 is 17.9 Å². The van der Waals surface area contributed by atoms with Crippen LogP contribution >= 0.6 is 0 Å². The van der Waals surface area contributed by atoms with Crippen molar-refractivity contribution in [2.24, 2.45) is 0 Å². The second-order valence-corrected chi connectivity index (χ2v) is 10.0. The van der Waals surface area contributed by atoms with Gasteiger partial charge >= 0.3 is 17.9 Å². The number of benzene rings is 3. The second kappa shape index (κ2) is 11.6. The molecule has 204 valence electrons. The molecule has 0 saturated heterocycles. The highest BCUT2D eigenvalue weighted by molar-refractivity contribution is 5.90. The van der Waals surface area contributed by atoms with Crippen LogP contribution in [0.3, 0.4) is 0 Å². The zero-order valence-electron chi connectivity index (χ0n) is 23.3. The predicted octanol–water partition coefficient (Wildman–Crippen LogP) is 7.32. The number of esters is 3. The van der Waals surface area contributed by atoms with Crippen LogP contribution in [0.1, 0.15) is 48.6 Å². The maximum atomic E-state index is 12.4. The first-order valence-corrected chi connectivity index (χ1v) is 13.0. The maximum absolute atomic E-state index is 12.4. The molecule has 4 rings (SSSR count). The summed E-state index contributed by atoms with van der Waals surface area (Å²) in [6, 6.07) is 15.3. The van der Waals surface area contributed by atoms with Crippen molar-refractivity contribution in [3.63, 3.8) is 0 Å². The summed E-state index contributed by atoms with van der Waals surface area (Å²) in [7, 11) is 0. The molecule has 1 aliphatic rings. The van der Waals surface area contributed by atoms with Crippen LogP contribution in [0.4, 0.5) is 0 Å². The smallest absolute Gasteiger partial charge is 0.338 e. The van der Waals surface area contributed by atoms with E-state index in [9.17, 15) is 14.4 Å². The molecule has 6 nitrogen and oxygen atoms in total. The molecule has 0 N–H and O–H groups in total.